The van der Waals surface area contributed by atoms with Crippen molar-refractivity contribution in [2.45, 2.75) is 0 Å². The van der Waals surface area contributed by atoms with Crippen LogP contribution in [-0.2, 0) is 0 Å². The lowest BCUT2D eigenvalue weighted by Gasteiger charge is -2.16. The monoisotopic (exact) mass is 476 g/mol. The van der Waals surface area contributed by atoms with Crippen LogP contribution in [0.2, 0.25) is 0 Å². The molecular weight excluding hydrogens is 432 g/mol. The van der Waals surface area contributed by atoms with Gasteiger partial charge in [-0.25, -0.2) is 0 Å². The first-order valence-electron chi connectivity index (χ1n) is 21.8. The fourth-order valence-corrected chi connectivity index (χ4v) is 4.50. The second-order valence-electron chi connectivity index (χ2n) is 8.00. The summed E-state index contributed by atoms with van der Waals surface area (Å²) in [6.07, 6.45) is 0. The largest absolute Gasteiger partial charge is 0.0636 e. The van der Waals surface area contributed by atoms with Crippen LogP contribution in [0.15, 0.2) is 133 Å². The standard InChI is InChI=1S/C36H22/c1-4-12-28-23(8-1)16-17-27-21-34-26(20-33(27)28)11-7-15-31(34)36-30-14-6-3-10-25(30)22-35-29-13-5-2-9-24(29)18-19-32(35)36/h1-22H/i1D,2D,3D,4D,5D,6D,7D,8D,9D,10D,11D,12D,13D,14D,15D,16D,17D,18D,19D,20D,21D,22D. The molecular formula is C36H22. The Hall–Kier alpha value is -4.68. The SMILES string of the molecule is [2H]c1c([2H])c([2H])c2c([2H])c3c(c([2H])c([2H])c4c([2H])c([2H])c([2H])c([2H])c43)c(-c3c([2H])c([2H])c([2H])c4c([2H])c5c(c([2H])c([2H])c6c([2H])c([2H])c([2H])c([2H])c65)c([2H])c34)c2c1[2H]. The molecule has 0 spiro atoms. The second kappa shape index (κ2) is 7.41. The van der Waals surface area contributed by atoms with Crippen molar-refractivity contribution in [3.8, 4) is 11.1 Å². The van der Waals surface area contributed by atoms with Crippen LogP contribution in [0.1, 0.15) is 30.2 Å². The van der Waals surface area contributed by atoms with E-state index in [1.165, 1.54) is 0 Å². The van der Waals surface area contributed by atoms with E-state index in [9.17, 15) is 6.85 Å². The molecule has 0 heteroatoms. The van der Waals surface area contributed by atoms with Gasteiger partial charge in [-0.15, -0.1) is 0 Å². The highest BCUT2D eigenvalue weighted by Crippen LogP contribution is 2.42. The van der Waals surface area contributed by atoms with Crippen molar-refractivity contribution in [2.24, 2.45) is 0 Å². The van der Waals surface area contributed by atoms with Gasteiger partial charge in [-0.3, -0.25) is 0 Å². The van der Waals surface area contributed by atoms with E-state index in [0.717, 1.165) is 0 Å². The molecule has 0 radical (unpaired) electrons. The molecule has 36 heavy (non-hydrogen) atoms. The lowest BCUT2D eigenvalue weighted by atomic mass is 9.87. The molecule has 8 rings (SSSR count). The van der Waals surface area contributed by atoms with Gasteiger partial charge in [-0.2, -0.15) is 0 Å². The van der Waals surface area contributed by atoms with Gasteiger partial charge >= 0.3 is 0 Å². The Labute approximate surface area is 239 Å². The fraction of sp³-hybridized carbons (Fsp3) is 0. The van der Waals surface area contributed by atoms with E-state index in [1.54, 1.807) is 0 Å². The summed E-state index contributed by atoms with van der Waals surface area (Å²) in [4.78, 5) is 0. The van der Waals surface area contributed by atoms with Crippen LogP contribution in [0.4, 0.5) is 0 Å². The zero-order valence-corrected chi connectivity index (χ0v) is 18.0. The molecule has 166 valence electrons. The summed E-state index contributed by atoms with van der Waals surface area (Å²) < 4.78 is 195. The first kappa shape index (κ1) is 7.91. The van der Waals surface area contributed by atoms with Crippen LogP contribution in [0.25, 0.3) is 75.8 Å². The summed E-state index contributed by atoms with van der Waals surface area (Å²) in [5.74, 6) is 0. The van der Waals surface area contributed by atoms with Gasteiger partial charge in [0.1, 0.15) is 0 Å². The second-order valence-corrected chi connectivity index (χ2v) is 8.00. The Balaban J connectivity index is 1.81. The Kier molecular flexibility index (Phi) is 1.63. The molecule has 0 unspecified atom stereocenters. The van der Waals surface area contributed by atoms with Gasteiger partial charge in [0, 0.05) is 0 Å². The van der Waals surface area contributed by atoms with E-state index in [-0.39, 0.29) is 0 Å². The summed E-state index contributed by atoms with van der Waals surface area (Å²) >= 11 is 0. The molecule has 0 bridgehead atoms. The van der Waals surface area contributed by atoms with Gasteiger partial charge in [-0.05, 0) is 93.9 Å². The van der Waals surface area contributed by atoms with Crippen LogP contribution in [0.5, 0.6) is 0 Å². The van der Waals surface area contributed by atoms with Crippen LogP contribution in [-0.4, -0.2) is 0 Å². The highest BCUT2D eigenvalue weighted by atomic mass is 14.2. The average Bonchev–Trinajstić information content (AvgIpc) is 3.19. The zero-order valence-electron chi connectivity index (χ0n) is 40.0. The molecule has 0 atom stereocenters. The summed E-state index contributed by atoms with van der Waals surface area (Å²) in [6.45, 7) is 0. The molecule has 0 aliphatic carbocycles. The lowest BCUT2D eigenvalue weighted by molar-refractivity contribution is 1.72. The van der Waals surface area contributed by atoms with Crippen LogP contribution in [0.3, 0.4) is 0 Å². The molecule has 0 aliphatic heterocycles. The minimum atomic E-state index is -0.915. The van der Waals surface area contributed by atoms with E-state index in [0.29, 0.717) is 0 Å². The first-order valence-corrected chi connectivity index (χ1v) is 10.8. The number of benzene rings is 8. The van der Waals surface area contributed by atoms with Crippen molar-refractivity contribution in [1.82, 2.24) is 0 Å². The highest BCUT2D eigenvalue weighted by molar-refractivity contribution is 6.23. The molecule has 0 saturated heterocycles. The molecule has 0 amide bonds. The molecule has 8 aromatic carbocycles. The van der Waals surface area contributed by atoms with Gasteiger partial charge in [0.25, 0.3) is 0 Å². The smallest absolute Gasteiger partial charge is 0.0616 e. The summed E-state index contributed by atoms with van der Waals surface area (Å²) in [6, 6.07) is -17.5. The maximum atomic E-state index is 9.61. The summed E-state index contributed by atoms with van der Waals surface area (Å²) in [5, 5.41) is -6.20. The Morgan fingerprint density at radius 1 is 0.306 bits per heavy atom. The average molecular weight is 477 g/mol. The number of rotatable bonds is 1. The minimum absolute atomic E-state index is 0.429. The van der Waals surface area contributed by atoms with Crippen LogP contribution < -0.4 is 0 Å². The Morgan fingerprint density at radius 3 is 1.61 bits per heavy atom. The van der Waals surface area contributed by atoms with E-state index in [2.05, 4.69) is 0 Å². The van der Waals surface area contributed by atoms with E-state index in [1.807, 2.05) is 0 Å². The van der Waals surface area contributed by atoms with Crippen LogP contribution >= 0.6 is 0 Å². The summed E-state index contributed by atoms with van der Waals surface area (Å²) in [7, 11) is 0. The van der Waals surface area contributed by atoms with E-state index in [4.69, 9.17) is 23.3 Å². The molecule has 0 fully saturated rings. The number of hydrogen-bond acceptors (Lipinski definition) is 0. The van der Waals surface area contributed by atoms with Gasteiger partial charge in [0.2, 0.25) is 0 Å². The maximum absolute atomic E-state index is 9.61. The van der Waals surface area contributed by atoms with Crippen molar-refractivity contribution in [2.75, 3.05) is 0 Å². The van der Waals surface area contributed by atoms with Gasteiger partial charge < -0.3 is 0 Å². The van der Waals surface area contributed by atoms with Crippen LogP contribution in [0, 0.1) is 0 Å². The topological polar surface area (TPSA) is 0 Å². The number of hydrogen-bond donors (Lipinski definition) is 0. The predicted molar refractivity (Wildman–Crippen MR) is 157 cm³/mol. The third-order valence-corrected chi connectivity index (χ3v) is 6.06. The van der Waals surface area contributed by atoms with Crippen molar-refractivity contribution in [3.63, 3.8) is 0 Å². The zero-order chi connectivity index (χ0) is 42.8. The van der Waals surface area contributed by atoms with Gasteiger partial charge in [0.15, 0.2) is 0 Å². The van der Waals surface area contributed by atoms with Gasteiger partial charge in [-0.1, -0.05) is 115 Å². The van der Waals surface area contributed by atoms with E-state index < -0.39 is 209 Å². The quantitative estimate of drug-likeness (QED) is 0.163. The molecule has 8 aromatic rings. The third-order valence-electron chi connectivity index (χ3n) is 6.06. The highest BCUT2D eigenvalue weighted by Gasteiger charge is 2.15. The third kappa shape index (κ3) is 2.76. The molecule has 0 N–H and O–H groups in total. The van der Waals surface area contributed by atoms with Crippen molar-refractivity contribution < 1.29 is 30.2 Å². The molecule has 0 nitrogen and oxygen atoms in total. The van der Waals surface area contributed by atoms with Crippen molar-refractivity contribution in [3.05, 3.63) is 133 Å². The normalized spacial score (nSPS) is 20.4. The Bertz CT molecular complexity index is 3350. The first-order chi connectivity index (χ1) is 27.0. The lowest BCUT2D eigenvalue weighted by Crippen LogP contribution is -1.89. The van der Waals surface area contributed by atoms with E-state index >= 15 is 0 Å². The fourth-order valence-electron chi connectivity index (χ4n) is 4.50. The maximum Gasteiger partial charge on any atom is 0.0636 e. The minimum Gasteiger partial charge on any atom is -0.0616 e. The van der Waals surface area contributed by atoms with Gasteiger partial charge in [0.05, 0.1) is 30.2 Å². The number of fused-ring (bicyclic) bond motifs is 8. The van der Waals surface area contributed by atoms with Crippen molar-refractivity contribution in [1.29, 1.82) is 0 Å². The Morgan fingerprint density at radius 2 is 0.806 bits per heavy atom. The van der Waals surface area contributed by atoms with Crippen molar-refractivity contribution >= 4 is 64.6 Å². The molecule has 0 aromatic heterocycles. The predicted octanol–water partition coefficient (Wildman–Crippen LogP) is 10.3. The molecule has 0 heterocycles. The molecule has 0 saturated carbocycles. The molecule has 0 aliphatic rings. The summed E-state index contributed by atoms with van der Waals surface area (Å²) in [5.41, 5.74) is -1.21.